The molecule has 6 heteroatoms. The van der Waals surface area contributed by atoms with Gasteiger partial charge in [0.15, 0.2) is 0 Å². The fraction of sp³-hybridized carbons (Fsp3) is 0.259. The topological polar surface area (TPSA) is 64.2 Å². The van der Waals surface area contributed by atoms with Crippen molar-refractivity contribution in [2.24, 2.45) is 5.73 Å². The van der Waals surface area contributed by atoms with Crippen LogP contribution in [0.25, 0.3) is 11.0 Å². The summed E-state index contributed by atoms with van der Waals surface area (Å²) in [6.45, 7) is 3.92. The van der Waals surface area contributed by atoms with Crippen molar-refractivity contribution in [2.45, 2.75) is 32.4 Å². The van der Waals surface area contributed by atoms with E-state index in [0.717, 1.165) is 34.2 Å². The Kier molecular flexibility index (Phi) is 7.57. The van der Waals surface area contributed by atoms with Gasteiger partial charge in [-0.15, -0.1) is 0 Å². The van der Waals surface area contributed by atoms with Gasteiger partial charge in [-0.25, -0.2) is 4.98 Å². The summed E-state index contributed by atoms with van der Waals surface area (Å²) in [5.74, 6) is 0.908. The zero-order valence-corrected chi connectivity index (χ0v) is 20.4. The van der Waals surface area contributed by atoms with Gasteiger partial charge < -0.3 is 15.2 Å². The molecule has 2 N–H and O–H groups in total. The maximum atomic E-state index is 13.6. The fourth-order valence-electron chi connectivity index (χ4n) is 4.26. The molecule has 1 aromatic heterocycles. The van der Waals surface area contributed by atoms with Gasteiger partial charge in [-0.3, -0.25) is 4.79 Å². The highest BCUT2D eigenvalue weighted by Crippen LogP contribution is 2.31. The summed E-state index contributed by atoms with van der Waals surface area (Å²) in [6.07, 6.45) is 1.49. The molecule has 4 rings (SSSR count). The molecule has 1 atom stereocenters. The molecule has 170 valence electrons. The summed E-state index contributed by atoms with van der Waals surface area (Å²) in [7, 11) is 0. The molecule has 0 saturated heterocycles. The van der Waals surface area contributed by atoms with E-state index in [1.54, 1.807) is 0 Å². The van der Waals surface area contributed by atoms with E-state index in [0.29, 0.717) is 25.2 Å². The number of carbonyl (C=O) groups is 1. The van der Waals surface area contributed by atoms with Gasteiger partial charge in [-0.2, -0.15) is 0 Å². The highest BCUT2D eigenvalue weighted by Gasteiger charge is 2.29. The zero-order valence-electron chi connectivity index (χ0n) is 18.8. The van der Waals surface area contributed by atoms with Crippen LogP contribution < -0.4 is 5.73 Å². The molecule has 0 radical (unpaired) electrons. The summed E-state index contributed by atoms with van der Waals surface area (Å²) < 4.78 is 3.23. The molecule has 0 spiro atoms. The number of hydrogen-bond donors (Lipinski definition) is 1. The highest BCUT2D eigenvalue weighted by molar-refractivity contribution is 9.10. The number of fused-ring (bicyclic) bond motifs is 1. The van der Waals surface area contributed by atoms with Crippen molar-refractivity contribution in [3.05, 3.63) is 100 Å². The molecule has 0 saturated carbocycles. The van der Waals surface area contributed by atoms with E-state index in [9.17, 15) is 4.79 Å². The van der Waals surface area contributed by atoms with Crippen LogP contribution >= 0.6 is 15.9 Å². The maximum absolute atomic E-state index is 13.6. The van der Waals surface area contributed by atoms with Crippen LogP contribution in [0.2, 0.25) is 0 Å². The molecule has 1 heterocycles. The number of halogens is 1. The van der Waals surface area contributed by atoms with Gasteiger partial charge in [0.25, 0.3) is 5.91 Å². The monoisotopic (exact) mass is 504 g/mol. The van der Waals surface area contributed by atoms with Gasteiger partial charge in [0, 0.05) is 23.1 Å². The predicted molar refractivity (Wildman–Crippen MR) is 137 cm³/mol. The molecule has 1 unspecified atom stereocenters. The van der Waals surface area contributed by atoms with Gasteiger partial charge >= 0.3 is 0 Å². The molecule has 0 bridgehead atoms. The second kappa shape index (κ2) is 10.8. The lowest BCUT2D eigenvalue weighted by molar-refractivity contribution is 0.0657. The lowest BCUT2D eigenvalue weighted by atomic mass is 10.1. The van der Waals surface area contributed by atoms with E-state index in [1.807, 2.05) is 53.4 Å². The van der Waals surface area contributed by atoms with Crippen molar-refractivity contribution >= 4 is 32.9 Å². The third kappa shape index (κ3) is 5.18. The third-order valence-corrected chi connectivity index (χ3v) is 6.36. The fourth-order valence-corrected chi connectivity index (χ4v) is 4.61. The van der Waals surface area contributed by atoms with Crippen LogP contribution in [0.5, 0.6) is 0 Å². The highest BCUT2D eigenvalue weighted by atomic mass is 79.9. The predicted octanol–water partition coefficient (Wildman–Crippen LogP) is 5.79. The quantitative estimate of drug-likeness (QED) is 0.313. The normalized spacial score (nSPS) is 12.1. The van der Waals surface area contributed by atoms with Gasteiger partial charge in [0.05, 0.1) is 17.1 Å². The molecular weight excluding hydrogens is 476 g/mol. The Bertz CT molecular complexity index is 1210. The Labute approximate surface area is 203 Å². The number of rotatable bonds is 9. The van der Waals surface area contributed by atoms with Crippen LogP contribution in [0.1, 0.15) is 47.6 Å². The first kappa shape index (κ1) is 23.2. The van der Waals surface area contributed by atoms with Gasteiger partial charge in [0.1, 0.15) is 5.82 Å². The molecule has 0 fully saturated rings. The van der Waals surface area contributed by atoms with Crippen molar-refractivity contribution < 1.29 is 4.79 Å². The van der Waals surface area contributed by atoms with Gasteiger partial charge in [-0.1, -0.05) is 71.4 Å². The average Bonchev–Trinajstić information content (AvgIpc) is 3.19. The first-order valence-electron chi connectivity index (χ1n) is 11.4. The number of imidazole rings is 1. The standard InChI is InChI=1S/C27H29BrN4O/c1-2-24(31(17-9-16-29)27(33)21-12-7-4-8-13-21)26-30-23-18-22(28)14-15-25(23)32(26)19-20-10-5-3-6-11-20/h3-8,10-15,18,24H,2,9,16-17,19,29H2,1H3. The van der Waals surface area contributed by atoms with Gasteiger partial charge in [-0.05, 0) is 55.3 Å². The molecule has 0 aliphatic rings. The summed E-state index contributed by atoms with van der Waals surface area (Å²) in [5, 5.41) is 0. The van der Waals surface area contributed by atoms with Crippen molar-refractivity contribution in [3.63, 3.8) is 0 Å². The van der Waals surface area contributed by atoms with Crippen LogP contribution in [0.15, 0.2) is 83.3 Å². The summed E-state index contributed by atoms with van der Waals surface area (Å²) in [4.78, 5) is 20.6. The van der Waals surface area contributed by atoms with Crippen LogP contribution in [-0.4, -0.2) is 33.4 Å². The minimum absolute atomic E-state index is 0.00963. The molecule has 3 aromatic carbocycles. The first-order valence-corrected chi connectivity index (χ1v) is 12.2. The first-order chi connectivity index (χ1) is 16.1. The lowest BCUT2D eigenvalue weighted by Gasteiger charge is -2.31. The lowest BCUT2D eigenvalue weighted by Crippen LogP contribution is -2.37. The van der Waals surface area contributed by atoms with Crippen molar-refractivity contribution in [1.82, 2.24) is 14.5 Å². The average molecular weight is 505 g/mol. The van der Waals surface area contributed by atoms with Crippen LogP contribution in [0.3, 0.4) is 0 Å². The largest absolute Gasteiger partial charge is 0.330 e. The van der Waals surface area contributed by atoms with Crippen molar-refractivity contribution in [2.75, 3.05) is 13.1 Å². The number of nitrogens with zero attached hydrogens (tertiary/aromatic N) is 3. The van der Waals surface area contributed by atoms with E-state index in [-0.39, 0.29) is 11.9 Å². The number of benzene rings is 3. The number of aromatic nitrogens is 2. The van der Waals surface area contributed by atoms with E-state index in [2.05, 4.69) is 57.8 Å². The van der Waals surface area contributed by atoms with Crippen molar-refractivity contribution in [1.29, 1.82) is 0 Å². The second-order valence-corrected chi connectivity index (χ2v) is 9.02. The minimum atomic E-state index is -0.167. The number of hydrogen-bond acceptors (Lipinski definition) is 3. The molecule has 1 amide bonds. The molecule has 33 heavy (non-hydrogen) atoms. The van der Waals surface area contributed by atoms with E-state index < -0.39 is 0 Å². The third-order valence-electron chi connectivity index (χ3n) is 5.87. The van der Waals surface area contributed by atoms with Crippen LogP contribution in [0.4, 0.5) is 0 Å². The number of carbonyl (C=O) groups excluding carboxylic acids is 1. The van der Waals surface area contributed by atoms with Gasteiger partial charge in [0.2, 0.25) is 0 Å². The van der Waals surface area contributed by atoms with Crippen LogP contribution in [-0.2, 0) is 6.54 Å². The molecule has 5 nitrogen and oxygen atoms in total. The Balaban J connectivity index is 1.82. The number of nitrogens with two attached hydrogens (primary N) is 1. The molecule has 0 aliphatic heterocycles. The van der Waals surface area contributed by atoms with Crippen LogP contribution in [0, 0.1) is 0 Å². The van der Waals surface area contributed by atoms with E-state index >= 15 is 0 Å². The molecular formula is C27H29BrN4O. The Morgan fingerprint density at radius 3 is 2.42 bits per heavy atom. The second-order valence-electron chi connectivity index (χ2n) is 8.11. The Morgan fingerprint density at radius 1 is 1.06 bits per heavy atom. The molecule has 4 aromatic rings. The maximum Gasteiger partial charge on any atom is 0.254 e. The molecule has 0 aliphatic carbocycles. The SMILES string of the molecule is CCC(c1nc2cc(Br)ccc2n1Cc1ccccc1)N(CCCN)C(=O)c1ccccc1. The summed E-state index contributed by atoms with van der Waals surface area (Å²) >= 11 is 3.58. The summed E-state index contributed by atoms with van der Waals surface area (Å²) in [6, 6.07) is 25.8. The minimum Gasteiger partial charge on any atom is -0.330 e. The smallest absolute Gasteiger partial charge is 0.254 e. The Hall–Kier alpha value is -2.96. The zero-order chi connectivity index (χ0) is 23.2. The van der Waals surface area contributed by atoms with Crippen molar-refractivity contribution in [3.8, 4) is 0 Å². The van der Waals surface area contributed by atoms with E-state index in [1.165, 1.54) is 5.56 Å². The van der Waals surface area contributed by atoms with E-state index in [4.69, 9.17) is 10.7 Å². The summed E-state index contributed by atoms with van der Waals surface area (Å²) in [5.41, 5.74) is 9.69. The number of amides is 1. The Morgan fingerprint density at radius 2 is 1.76 bits per heavy atom.